The van der Waals surface area contributed by atoms with Crippen LogP contribution in [0.1, 0.15) is 15.9 Å². The number of carbonyl (C=O) groups is 1. The molecule has 0 unspecified atom stereocenters. The molecule has 22 heavy (non-hydrogen) atoms. The van der Waals surface area contributed by atoms with Crippen LogP contribution in [0.3, 0.4) is 0 Å². The predicted molar refractivity (Wildman–Crippen MR) is 82.8 cm³/mol. The number of hydrogen-bond acceptors (Lipinski definition) is 4. The summed E-state index contributed by atoms with van der Waals surface area (Å²) in [5.41, 5.74) is 0.749. The van der Waals surface area contributed by atoms with Crippen molar-refractivity contribution < 1.29 is 18.3 Å². The van der Waals surface area contributed by atoms with Crippen molar-refractivity contribution in [2.45, 2.75) is 11.8 Å². The molecule has 0 aromatic heterocycles. The molecule has 2 aromatic rings. The van der Waals surface area contributed by atoms with E-state index >= 15 is 0 Å². The van der Waals surface area contributed by atoms with Gasteiger partial charge in [-0.3, -0.25) is 4.72 Å². The van der Waals surface area contributed by atoms with Gasteiger partial charge in [0.25, 0.3) is 10.0 Å². The standard InChI is InChI=1S/C14H11Cl2NO4S/c1-8-2-4-10(7-12(8)16)17-22(20,21)13-6-9(14(18)19)3-5-11(13)15/h2-7,17H,1H3,(H,18,19)/p-1. The first-order valence-electron chi connectivity index (χ1n) is 6.00. The van der Waals surface area contributed by atoms with Crippen LogP contribution in [0.2, 0.25) is 10.0 Å². The zero-order chi connectivity index (χ0) is 16.5. The van der Waals surface area contributed by atoms with E-state index in [0.29, 0.717) is 5.02 Å². The van der Waals surface area contributed by atoms with Crippen molar-refractivity contribution >= 4 is 44.9 Å². The van der Waals surface area contributed by atoms with Gasteiger partial charge < -0.3 is 9.90 Å². The van der Waals surface area contributed by atoms with Crippen LogP contribution in [-0.2, 0) is 10.0 Å². The third-order valence-corrected chi connectivity index (χ3v) is 5.15. The van der Waals surface area contributed by atoms with Gasteiger partial charge in [0, 0.05) is 5.02 Å². The Morgan fingerprint density at radius 3 is 2.36 bits per heavy atom. The summed E-state index contributed by atoms with van der Waals surface area (Å²) in [6, 6.07) is 7.93. The number of sulfonamides is 1. The second-order valence-electron chi connectivity index (χ2n) is 4.50. The monoisotopic (exact) mass is 358 g/mol. The Bertz CT molecular complexity index is 850. The molecule has 0 heterocycles. The summed E-state index contributed by atoms with van der Waals surface area (Å²) in [6.07, 6.45) is 0. The van der Waals surface area contributed by atoms with Gasteiger partial charge in [-0.2, -0.15) is 0 Å². The van der Waals surface area contributed by atoms with Crippen LogP contribution in [0.25, 0.3) is 0 Å². The van der Waals surface area contributed by atoms with E-state index in [2.05, 4.69) is 4.72 Å². The number of carbonyl (C=O) groups excluding carboxylic acids is 1. The highest BCUT2D eigenvalue weighted by Crippen LogP contribution is 2.26. The minimum absolute atomic E-state index is 0.101. The molecular formula is C14H10Cl2NO4S-. The molecule has 0 amide bonds. The summed E-state index contributed by atoms with van der Waals surface area (Å²) in [7, 11) is -4.06. The zero-order valence-corrected chi connectivity index (χ0v) is 13.6. The average molecular weight is 359 g/mol. The molecule has 0 bridgehead atoms. The fraction of sp³-hybridized carbons (Fsp3) is 0.0714. The minimum Gasteiger partial charge on any atom is -0.545 e. The van der Waals surface area contributed by atoms with Crippen LogP contribution < -0.4 is 9.83 Å². The highest BCUT2D eigenvalue weighted by molar-refractivity contribution is 7.92. The summed E-state index contributed by atoms with van der Waals surface area (Å²) in [4.78, 5) is 10.5. The second-order valence-corrected chi connectivity index (χ2v) is 6.97. The van der Waals surface area contributed by atoms with Gasteiger partial charge in [-0.25, -0.2) is 8.42 Å². The summed E-state index contributed by atoms with van der Waals surface area (Å²) in [6.45, 7) is 1.78. The summed E-state index contributed by atoms with van der Waals surface area (Å²) < 4.78 is 27.0. The van der Waals surface area contributed by atoms with E-state index < -0.39 is 16.0 Å². The van der Waals surface area contributed by atoms with E-state index in [1.807, 2.05) is 0 Å². The number of aryl methyl sites for hydroxylation is 1. The molecule has 116 valence electrons. The van der Waals surface area contributed by atoms with Gasteiger partial charge in [0.05, 0.1) is 16.7 Å². The third-order valence-electron chi connectivity index (χ3n) is 2.88. The minimum atomic E-state index is -4.06. The Kier molecular flexibility index (Phi) is 4.65. The number of carboxylic acid groups (broad SMARTS) is 1. The smallest absolute Gasteiger partial charge is 0.263 e. The van der Waals surface area contributed by atoms with Crippen molar-refractivity contribution in [3.63, 3.8) is 0 Å². The second kappa shape index (κ2) is 6.16. The van der Waals surface area contributed by atoms with Crippen molar-refractivity contribution in [3.05, 3.63) is 57.6 Å². The molecule has 0 aliphatic carbocycles. The molecule has 5 nitrogen and oxygen atoms in total. The molecule has 0 spiro atoms. The number of benzene rings is 2. The lowest BCUT2D eigenvalue weighted by molar-refractivity contribution is -0.255. The summed E-state index contributed by atoms with van der Waals surface area (Å²) >= 11 is 11.8. The number of hydrogen-bond donors (Lipinski definition) is 1. The number of carboxylic acids is 1. The van der Waals surface area contributed by atoms with Crippen molar-refractivity contribution in [2.75, 3.05) is 4.72 Å². The van der Waals surface area contributed by atoms with Crippen molar-refractivity contribution in [3.8, 4) is 0 Å². The Hall–Kier alpha value is -1.76. The average Bonchev–Trinajstić information content (AvgIpc) is 2.42. The van der Waals surface area contributed by atoms with Crippen molar-refractivity contribution in [2.24, 2.45) is 0 Å². The Balaban J connectivity index is 2.44. The van der Waals surface area contributed by atoms with Crippen LogP contribution in [0.15, 0.2) is 41.3 Å². The number of nitrogens with one attached hydrogen (secondary N) is 1. The maximum atomic E-state index is 12.3. The Labute approximate surface area is 137 Å². The lowest BCUT2D eigenvalue weighted by Gasteiger charge is -2.12. The van der Waals surface area contributed by atoms with E-state index in [4.69, 9.17) is 23.2 Å². The van der Waals surface area contributed by atoms with Crippen LogP contribution in [0.5, 0.6) is 0 Å². The normalized spacial score (nSPS) is 11.2. The molecule has 0 atom stereocenters. The molecular weight excluding hydrogens is 349 g/mol. The molecule has 2 aromatic carbocycles. The van der Waals surface area contributed by atoms with Crippen molar-refractivity contribution in [1.82, 2.24) is 0 Å². The van der Waals surface area contributed by atoms with Gasteiger partial charge in [0.2, 0.25) is 0 Å². The first kappa shape index (κ1) is 16.6. The molecule has 0 saturated heterocycles. The van der Waals surface area contributed by atoms with E-state index in [1.165, 1.54) is 24.3 Å². The van der Waals surface area contributed by atoms with E-state index in [9.17, 15) is 18.3 Å². The lowest BCUT2D eigenvalue weighted by Crippen LogP contribution is -2.23. The van der Waals surface area contributed by atoms with Crippen LogP contribution in [-0.4, -0.2) is 14.4 Å². The van der Waals surface area contributed by atoms with E-state index in [1.54, 1.807) is 13.0 Å². The highest BCUT2D eigenvalue weighted by atomic mass is 35.5. The van der Waals surface area contributed by atoms with Crippen molar-refractivity contribution in [1.29, 1.82) is 0 Å². The topological polar surface area (TPSA) is 86.3 Å². The molecule has 2 rings (SSSR count). The van der Waals surface area contributed by atoms with Gasteiger partial charge in [-0.15, -0.1) is 0 Å². The fourth-order valence-corrected chi connectivity index (χ4v) is 3.46. The number of anilines is 1. The Morgan fingerprint density at radius 2 is 1.77 bits per heavy atom. The maximum absolute atomic E-state index is 12.3. The first-order valence-corrected chi connectivity index (χ1v) is 8.24. The Morgan fingerprint density at radius 1 is 1.09 bits per heavy atom. The van der Waals surface area contributed by atoms with Gasteiger partial charge in [-0.1, -0.05) is 35.3 Å². The molecule has 0 radical (unpaired) electrons. The zero-order valence-electron chi connectivity index (χ0n) is 11.3. The van der Waals surface area contributed by atoms with E-state index in [0.717, 1.165) is 11.6 Å². The van der Waals surface area contributed by atoms with Gasteiger partial charge in [0.15, 0.2) is 0 Å². The molecule has 0 saturated carbocycles. The molecule has 1 N–H and O–H groups in total. The van der Waals surface area contributed by atoms with Gasteiger partial charge >= 0.3 is 0 Å². The highest BCUT2D eigenvalue weighted by Gasteiger charge is 2.19. The number of halogens is 2. The van der Waals surface area contributed by atoms with Crippen LogP contribution in [0, 0.1) is 6.92 Å². The lowest BCUT2D eigenvalue weighted by atomic mass is 10.2. The fourth-order valence-electron chi connectivity index (χ4n) is 1.70. The molecule has 8 heteroatoms. The third kappa shape index (κ3) is 3.52. The van der Waals surface area contributed by atoms with Gasteiger partial charge in [-0.05, 0) is 42.3 Å². The van der Waals surface area contributed by atoms with E-state index in [-0.39, 0.29) is 21.2 Å². The maximum Gasteiger partial charge on any atom is 0.263 e. The predicted octanol–water partition coefficient (Wildman–Crippen LogP) is 2.47. The van der Waals surface area contributed by atoms with Crippen LogP contribution in [0.4, 0.5) is 5.69 Å². The molecule has 0 fully saturated rings. The molecule has 0 aliphatic rings. The summed E-state index contributed by atoms with van der Waals surface area (Å²) in [5, 5.41) is 11.1. The molecule has 0 aliphatic heterocycles. The van der Waals surface area contributed by atoms with Gasteiger partial charge in [0.1, 0.15) is 4.90 Å². The summed E-state index contributed by atoms with van der Waals surface area (Å²) in [5.74, 6) is -1.49. The first-order chi connectivity index (χ1) is 10.2. The van der Waals surface area contributed by atoms with Crippen LogP contribution >= 0.6 is 23.2 Å². The number of rotatable bonds is 4. The SMILES string of the molecule is Cc1ccc(NS(=O)(=O)c2cc(C(=O)[O-])ccc2Cl)cc1Cl. The number of aromatic carboxylic acids is 1. The quantitative estimate of drug-likeness (QED) is 0.909. The largest absolute Gasteiger partial charge is 0.545 e.